The normalized spacial score (nSPS) is 26.6. The summed E-state index contributed by atoms with van der Waals surface area (Å²) in [5.74, 6) is -4.24. The lowest BCUT2D eigenvalue weighted by molar-refractivity contribution is -0.131. The third-order valence-electron chi connectivity index (χ3n) is 12.2. The molecule has 10 rings (SSSR count). The molecular formula is C44H33N3O6. The maximum atomic E-state index is 14.8. The number of aromatic hydroxyl groups is 1. The maximum absolute atomic E-state index is 14.8. The summed E-state index contributed by atoms with van der Waals surface area (Å²) in [5.41, 5.74) is 3.15. The molecular weight excluding hydrogens is 666 g/mol. The van der Waals surface area contributed by atoms with Crippen LogP contribution in [0.25, 0.3) is 33.3 Å². The predicted octanol–water partition coefficient (Wildman–Crippen LogP) is 7.79. The van der Waals surface area contributed by atoms with Crippen LogP contribution in [-0.4, -0.2) is 33.7 Å². The molecule has 9 nitrogen and oxygen atoms in total. The number of allylic oxidation sites excluding steroid dienone is 2. The zero-order valence-electron chi connectivity index (χ0n) is 28.7. The molecule has 1 aromatic heterocycles. The molecule has 4 aliphatic rings. The molecule has 0 radical (unpaired) electrons. The second-order valence-electron chi connectivity index (χ2n) is 14.8. The highest BCUT2D eigenvalue weighted by molar-refractivity contribution is 6.25. The summed E-state index contributed by atoms with van der Waals surface area (Å²) in [5, 5.41) is 13.3. The van der Waals surface area contributed by atoms with Crippen LogP contribution in [0.4, 0.5) is 11.4 Å². The van der Waals surface area contributed by atoms with Gasteiger partial charge in [-0.3, -0.25) is 24.1 Å². The third-order valence-corrected chi connectivity index (χ3v) is 12.2. The first-order valence-electron chi connectivity index (χ1n) is 17.9. The fourth-order valence-corrected chi connectivity index (χ4v) is 9.74. The zero-order chi connectivity index (χ0) is 36.2. The number of phenols is 1. The van der Waals surface area contributed by atoms with Gasteiger partial charge in [0.2, 0.25) is 29.5 Å². The van der Waals surface area contributed by atoms with E-state index < -0.39 is 35.0 Å². The zero-order valence-corrected chi connectivity index (χ0v) is 28.7. The van der Waals surface area contributed by atoms with E-state index in [1.165, 1.54) is 9.80 Å². The second-order valence-corrected chi connectivity index (χ2v) is 14.8. The summed E-state index contributed by atoms with van der Waals surface area (Å²) < 4.78 is 5.94. The Morgan fingerprint density at radius 3 is 2.25 bits per heavy atom. The maximum Gasteiger partial charge on any atom is 0.241 e. The molecule has 2 aliphatic heterocycles. The van der Waals surface area contributed by atoms with Gasteiger partial charge in [0.15, 0.2) is 5.58 Å². The molecule has 4 amide bonds. The molecule has 0 spiro atoms. The van der Waals surface area contributed by atoms with E-state index >= 15 is 0 Å². The Balaban J connectivity index is 1.07. The van der Waals surface area contributed by atoms with E-state index in [1.54, 1.807) is 54.6 Å². The average Bonchev–Trinajstić information content (AvgIpc) is 3.79. The van der Waals surface area contributed by atoms with Crippen LogP contribution < -0.4 is 9.80 Å². The van der Waals surface area contributed by atoms with Crippen LogP contribution in [0.15, 0.2) is 131 Å². The van der Waals surface area contributed by atoms with Crippen LogP contribution in [-0.2, 0) is 19.2 Å². The fraction of sp³-hybridized carbons (Fsp3) is 0.205. The van der Waals surface area contributed by atoms with Gasteiger partial charge in [-0.05, 0) is 91.1 Å². The van der Waals surface area contributed by atoms with Crippen molar-refractivity contribution in [1.29, 1.82) is 0 Å². The molecule has 53 heavy (non-hydrogen) atoms. The number of phenolic OH excluding ortho intramolecular Hbond substituents is 1. The smallest absolute Gasteiger partial charge is 0.241 e. The van der Waals surface area contributed by atoms with Crippen molar-refractivity contribution in [3.05, 3.63) is 132 Å². The largest absolute Gasteiger partial charge is 0.508 e. The van der Waals surface area contributed by atoms with Crippen LogP contribution >= 0.6 is 0 Å². The minimum absolute atomic E-state index is 0.0187. The average molecular weight is 700 g/mol. The number of imide groups is 2. The monoisotopic (exact) mass is 699 g/mol. The lowest BCUT2D eigenvalue weighted by Crippen LogP contribution is -2.49. The molecule has 3 fully saturated rings. The van der Waals surface area contributed by atoms with Gasteiger partial charge in [-0.2, -0.15) is 0 Å². The number of hydrogen-bond donors (Lipinski definition) is 1. The van der Waals surface area contributed by atoms with Crippen LogP contribution in [0.2, 0.25) is 0 Å². The van der Waals surface area contributed by atoms with Gasteiger partial charge in [0.1, 0.15) is 11.3 Å². The van der Waals surface area contributed by atoms with Crippen LogP contribution in [0.1, 0.15) is 31.2 Å². The quantitative estimate of drug-likeness (QED) is 0.147. The fourth-order valence-electron chi connectivity index (χ4n) is 9.74. The van der Waals surface area contributed by atoms with E-state index in [9.17, 15) is 24.3 Å². The number of hydrogen-bond acceptors (Lipinski definition) is 7. The number of oxazole rings is 1. The molecule has 5 aromatic carbocycles. The van der Waals surface area contributed by atoms with Crippen molar-refractivity contribution < 1.29 is 28.7 Å². The molecule has 1 N–H and O–H groups in total. The highest BCUT2D eigenvalue weighted by Gasteiger charge is 2.68. The van der Waals surface area contributed by atoms with E-state index in [1.807, 2.05) is 73.7 Å². The number of amides is 4. The number of rotatable bonds is 4. The molecule has 3 heterocycles. The van der Waals surface area contributed by atoms with E-state index in [2.05, 4.69) is 4.98 Å². The Morgan fingerprint density at radius 1 is 0.736 bits per heavy atom. The van der Waals surface area contributed by atoms with Gasteiger partial charge < -0.3 is 9.52 Å². The van der Waals surface area contributed by atoms with Gasteiger partial charge in [0, 0.05) is 17.0 Å². The molecule has 9 heteroatoms. The lowest BCUT2D eigenvalue weighted by atomic mass is 9.51. The molecule has 6 atom stereocenters. The number of fused-ring (bicyclic) bond motifs is 6. The van der Waals surface area contributed by atoms with Gasteiger partial charge in [0.05, 0.1) is 34.5 Å². The van der Waals surface area contributed by atoms with E-state index in [4.69, 9.17) is 4.42 Å². The molecule has 6 aromatic rings. The Hall–Kier alpha value is -6.35. The standard InChI is InChI=1S/C44H33N3O6/c1-44-32(41(50)47(43(44)52)26-10-3-2-4-11-26)23-31-29(38(44)37-28-12-6-5-9-24(28)17-22-34(37)48)20-21-30-36(31)42(51)46(40(30)49)27-18-15-25(16-19-27)39-45-33-13-7-8-14-35(33)53-39/h2-20,22,30-32,36,38,48H,21,23H2,1H3/t30-,31+,32-,36-,38+,44+/m0/s1. The molecule has 0 bridgehead atoms. The first-order chi connectivity index (χ1) is 25.8. The van der Waals surface area contributed by atoms with E-state index in [0.29, 0.717) is 40.4 Å². The van der Waals surface area contributed by atoms with Crippen molar-refractivity contribution >= 4 is 56.9 Å². The summed E-state index contributed by atoms with van der Waals surface area (Å²) in [6, 6.07) is 34.6. The summed E-state index contributed by atoms with van der Waals surface area (Å²) >= 11 is 0. The van der Waals surface area contributed by atoms with Crippen LogP contribution in [0, 0.1) is 29.1 Å². The van der Waals surface area contributed by atoms with Crippen molar-refractivity contribution in [2.45, 2.75) is 25.7 Å². The van der Waals surface area contributed by atoms with Crippen molar-refractivity contribution in [2.75, 3.05) is 9.80 Å². The predicted molar refractivity (Wildman–Crippen MR) is 199 cm³/mol. The van der Waals surface area contributed by atoms with Crippen molar-refractivity contribution in [2.24, 2.45) is 29.1 Å². The highest BCUT2D eigenvalue weighted by Crippen LogP contribution is 2.65. The van der Waals surface area contributed by atoms with Gasteiger partial charge in [-0.25, -0.2) is 9.88 Å². The van der Waals surface area contributed by atoms with E-state index in [-0.39, 0.29) is 35.8 Å². The molecule has 2 saturated heterocycles. The highest BCUT2D eigenvalue weighted by atomic mass is 16.3. The third kappa shape index (κ3) is 4.33. The Labute approximate surface area is 304 Å². The molecule has 260 valence electrons. The minimum Gasteiger partial charge on any atom is -0.508 e. The summed E-state index contributed by atoms with van der Waals surface area (Å²) in [6.45, 7) is 1.84. The van der Waals surface area contributed by atoms with Crippen molar-refractivity contribution in [3.63, 3.8) is 0 Å². The summed E-state index contributed by atoms with van der Waals surface area (Å²) in [4.78, 5) is 65.3. The molecule has 0 unspecified atom stereocenters. The number of benzene rings is 5. The van der Waals surface area contributed by atoms with Gasteiger partial charge in [-0.15, -0.1) is 0 Å². The summed E-state index contributed by atoms with van der Waals surface area (Å²) in [6.07, 6.45) is 2.53. The van der Waals surface area contributed by atoms with Crippen molar-refractivity contribution in [3.8, 4) is 17.2 Å². The number of nitrogens with zero attached hydrogens (tertiary/aromatic N) is 3. The van der Waals surface area contributed by atoms with Gasteiger partial charge in [0.25, 0.3) is 0 Å². The Bertz CT molecular complexity index is 2540. The van der Waals surface area contributed by atoms with Gasteiger partial charge >= 0.3 is 0 Å². The van der Waals surface area contributed by atoms with E-state index in [0.717, 1.165) is 21.9 Å². The Morgan fingerprint density at radius 2 is 1.45 bits per heavy atom. The number of anilines is 2. The number of carbonyl (C=O) groups excluding carboxylic acids is 4. The first-order valence-corrected chi connectivity index (χ1v) is 17.9. The van der Waals surface area contributed by atoms with Gasteiger partial charge in [-0.1, -0.05) is 72.3 Å². The number of para-hydroxylation sites is 3. The van der Waals surface area contributed by atoms with Crippen LogP contribution in [0.3, 0.4) is 0 Å². The van der Waals surface area contributed by atoms with Crippen molar-refractivity contribution in [1.82, 2.24) is 4.98 Å². The Kier molecular flexibility index (Phi) is 6.71. The minimum atomic E-state index is -1.27. The second kappa shape index (κ2) is 11.3. The molecule has 1 saturated carbocycles. The van der Waals surface area contributed by atoms with Crippen LogP contribution in [0.5, 0.6) is 5.75 Å². The number of carbonyl (C=O) groups is 4. The lowest BCUT2D eigenvalue weighted by Gasteiger charge is -2.49. The number of aromatic nitrogens is 1. The summed E-state index contributed by atoms with van der Waals surface area (Å²) in [7, 11) is 0. The topological polar surface area (TPSA) is 121 Å². The first kappa shape index (κ1) is 31.4. The SMILES string of the molecule is C[C@@]12C(=O)N(c3ccccc3)C(=O)[C@@H]1C[C@@H]1C(=CC[C@@H]3C(=O)N(c4ccc(-c5nc6ccccc6o5)cc4)C(=O)[C@@H]31)[C@@H]2c1c(O)ccc2ccccc12. The molecule has 2 aliphatic carbocycles.